The maximum Gasteiger partial charge on any atom is 0.481 e. The minimum Gasteiger partial charge on any atom is -0.302 e. The van der Waals surface area contributed by atoms with Crippen LogP contribution in [0.4, 0.5) is 0 Å². The first kappa shape index (κ1) is 25.5. The van der Waals surface area contributed by atoms with Gasteiger partial charge < -0.3 is 29.4 Å². The molecule has 0 aromatic rings. The molecule has 152 valence electrons. The Morgan fingerprint density at radius 2 is 0.920 bits per heavy atom. The zero-order valence-electron chi connectivity index (χ0n) is 11.8. The van der Waals surface area contributed by atoms with Crippen LogP contribution in [-0.4, -0.2) is 62.5 Å². The molecule has 2 atom stereocenters. The van der Waals surface area contributed by atoms with E-state index in [9.17, 15) is 26.7 Å². The summed E-state index contributed by atoms with van der Waals surface area (Å²) in [7, 11) is -25.3. The molecule has 0 bridgehead atoms. The topological polar surface area (TPSA) is 261 Å². The zero-order chi connectivity index (χ0) is 20.2. The number of hydrogen-bond donors (Lipinski definition) is 6. The molecule has 0 radical (unpaired) electrons. The van der Waals surface area contributed by atoms with E-state index in [0.717, 1.165) is 0 Å². The predicted octanol–water partition coefficient (Wildman–Crippen LogP) is -1.15. The Bertz CT molecular complexity index is 671. The maximum atomic E-state index is 11.5. The summed E-state index contributed by atoms with van der Waals surface area (Å²) in [6.45, 7) is -2.07. The third kappa shape index (κ3) is 15.2. The summed E-state index contributed by atoms with van der Waals surface area (Å²) in [4.78, 5) is 51.0. The van der Waals surface area contributed by atoms with E-state index in [1.165, 1.54) is 0 Å². The highest BCUT2D eigenvalue weighted by molar-refractivity contribution is 7.91. The van der Waals surface area contributed by atoms with Gasteiger partial charge in [-0.15, -0.1) is 0 Å². The SMILES string of the molecule is O=P(O)(O)OP(=O)(O)OCCS(=O)(=O)CCOP(=O)(O)OP(=O)(O)O. The summed E-state index contributed by atoms with van der Waals surface area (Å²) in [5, 5.41) is 0. The highest BCUT2D eigenvalue weighted by Crippen LogP contribution is 2.58. The monoisotopic (exact) mass is 474 g/mol. The summed E-state index contributed by atoms with van der Waals surface area (Å²) >= 11 is 0. The van der Waals surface area contributed by atoms with Crippen molar-refractivity contribution < 1.29 is 73.7 Å². The molecule has 2 unspecified atom stereocenters. The quantitative estimate of drug-likeness (QED) is 0.182. The molecule has 0 amide bonds. The Labute approximate surface area is 140 Å². The highest BCUT2D eigenvalue weighted by atomic mass is 32.2. The second kappa shape index (κ2) is 9.11. The predicted molar refractivity (Wildman–Crippen MR) is 76.5 cm³/mol. The van der Waals surface area contributed by atoms with Crippen molar-refractivity contribution >= 4 is 41.1 Å². The minimum atomic E-state index is -5.37. The Balaban J connectivity index is 4.40. The van der Waals surface area contributed by atoms with Crippen LogP contribution in [0.15, 0.2) is 0 Å². The van der Waals surface area contributed by atoms with E-state index in [4.69, 9.17) is 29.4 Å². The van der Waals surface area contributed by atoms with Crippen molar-refractivity contribution in [3.63, 3.8) is 0 Å². The van der Waals surface area contributed by atoms with Crippen LogP contribution in [0.2, 0.25) is 0 Å². The van der Waals surface area contributed by atoms with Crippen LogP contribution in [0.1, 0.15) is 0 Å². The van der Waals surface area contributed by atoms with Crippen LogP contribution in [0.3, 0.4) is 0 Å². The van der Waals surface area contributed by atoms with E-state index in [1.54, 1.807) is 0 Å². The van der Waals surface area contributed by atoms with Gasteiger partial charge in [0.25, 0.3) is 0 Å². The van der Waals surface area contributed by atoms with Crippen molar-refractivity contribution in [3.05, 3.63) is 0 Å². The molecule has 6 N–H and O–H groups in total. The number of phosphoric ester groups is 2. The average molecular weight is 474 g/mol. The van der Waals surface area contributed by atoms with E-state index >= 15 is 0 Å². The van der Waals surface area contributed by atoms with Gasteiger partial charge in [0.2, 0.25) is 0 Å². The second-order valence-electron chi connectivity index (χ2n) is 3.90. The first-order valence-corrected chi connectivity index (χ1v) is 13.4. The van der Waals surface area contributed by atoms with Crippen molar-refractivity contribution in [1.29, 1.82) is 0 Å². The minimum absolute atomic E-state index is 0.986. The lowest BCUT2D eigenvalue weighted by Crippen LogP contribution is -2.18. The van der Waals surface area contributed by atoms with Crippen LogP contribution < -0.4 is 0 Å². The third-order valence-corrected chi connectivity index (χ3v) is 7.66. The van der Waals surface area contributed by atoms with Gasteiger partial charge in [0.05, 0.1) is 24.7 Å². The fourth-order valence-electron chi connectivity index (χ4n) is 0.977. The molecule has 0 heterocycles. The molecular formula is C4H14O16P4S. The smallest absolute Gasteiger partial charge is 0.302 e. The lowest BCUT2D eigenvalue weighted by molar-refractivity contribution is 0.184. The van der Waals surface area contributed by atoms with E-state index in [-0.39, 0.29) is 0 Å². The fraction of sp³-hybridized carbons (Fsp3) is 1.00. The molecular weight excluding hydrogens is 460 g/mol. The van der Waals surface area contributed by atoms with Crippen LogP contribution in [-0.2, 0) is 45.8 Å². The number of sulfone groups is 1. The molecule has 21 heteroatoms. The van der Waals surface area contributed by atoms with Crippen molar-refractivity contribution in [2.45, 2.75) is 0 Å². The van der Waals surface area contributed by atoms with Crippen molar-refractivity contribution in [3.8, 4) is 0 Å². The summed E-state index contributed by atoms with van der Waals surface area (Å²) in [5.41, 5.74) is 0. The molecule has 0 aliphatic carbocycles. The fourth-order valence-corrected chi connectivity index (χ4v) is 5.27. The number of phosphoric acid groups is 4. The summed E-state index contributed by atoms with van der Waals surface area (Å²) in [6, 6.07) is 0. The summed E-state index contributed by atoms with van der Waals surface area (Å²) in [6.07, 6.45) is 0. The van der Waals surface area contributed by atoms with Gasteiger partial charge in [-0.3, -0.25) is 9.05 Å². The van der Waals surface area contributed by atoms with Crippen molar-refractivity contribution in [2.24, 2.45) is 0 Å². The molecule has 0 aliphatic rings. The Kier molecular flexibility index (Phi) is 9.28. The molecule has 0 aromatic heterocycles. The Morgan fingerprint density at radius 1 is 0.640 bits per heavy atom. The summed E-state index contributed by atoms with van der Waals surface area (Å²) in [5.74, 6) is -1.97. The van der Waals surface area contributed by atoms with Gasteiger partial charge >= 0.3 is 31.3 Å². The molecule has 0 fully saturated rings. The highest BCUT2D eigenvalue weighted by Gasteiger charge is 2.34. The normalized spacial score (nSPS) is 18.5. The first-order chi connectivity index (χ1) is 10.8. The number of hydrogen-bond acceptors (Lipinski definition) is 10. The molecule has 0 aromatic carbocycles. The van der Waals surface area contributed by atoms with E-state index in [2.05, 4.69) is 17.7 Å². The molecule has 0 aliphatic heterocycles. The zero-order valence-corrected chi connectivity index (χ0v) is 16.2. The van der Waals surface area contributed by atoms with Gasteiger partial charge in [0.1, 0.15) is 0 Å². The standard InChI is InChI=1S/C4H14O16P4S/c5-21(6,7)19-23(11,12)17-1-3-25(15,16)4-2-18-24(13,14)20-22(8,9)10/h1-4H2,(H,11,12)(H,13,14)(H2,5,6,7)(H2,8,9,10). The van der Waals surface area contributed by atoms with E-state index < -0.39 is 65.8 Å². The van der Waals surface area contributed by atoms with Gasteiger partial charge in [0, 0.05) is 0 Å². The maximum absolute atomic E-state index is 11.5. The number of rotatable bonds is 12. The lowest BCUT2D eigenvalue weighted by atomic mass is 10.9. The van der Waals surface area contributed by atoms with Crippen molar-refractivity contribution in [1.82, 2.24) is 0 Å². The average Bonchev–Trinajstić information content (AvgIpc) is 2.19. The molecule has 25 heavy (non-hydrogen) atoms. The van der Waals surface area contributed by atoms with Gasteiger partial charge in [-0.25, -0.2) is 26.7 Å². The van der Waals surface area contributed by atoms with Crippen LogP contribution in [0, 0.1) is 0 Å². The van der Waals surface area contributed by atoms with E-state index in [0.29, 0.717) is 0 Å². The van der Waals surface area contributed by atoms with Gasteiger partial charge in [-0.05, 0) is 0 Å². The van der Waals surface area contributed by atoms with Gasteiger partial charge in [0.15, 0.2) is 9.84 Å². The Morgan fingerprint density at radius 3 is 1.16 bits per heavy atom. The molecule has 0 rings (SSSR count). The van der Waals surface area contributed by atoms with Crippen molar-refractivity contribution in [2.75, 3.05) is 24.7 Å². The first-order valence-electron chi connectivity index (χ1n) is 5.51. The third-order valence-electron chi connectivity index (χ3n) is 1.72. The molecule has 0 spiro atoms. The summed E-state index contributed by atoms with van der Waals surface area (Å²) < 4.78 is 80.5. The van der Waals surface area contributed by atoms with Crippen LogP contribution in [0.25, 0.3) is 0 Å². The van der Waals surface area contributed by atoms with Crippen LogP contribution in [0.5, 0.6) is 0 Å². The molecule has 0 saturated heterocycles. The molecule has 16 nitrogen and oxygen atoms in total. The lowest BCUT2D eigenvalue weighted by Gasteiger charge is -2.13. The van der Waals surface area contributed by atoms with Gasteiger partial charge in [-0.2, -0.15) is 8.62 Å². The Hall–Kier alpha value is 0.470. The second-order valence-corrected chi connectivity index (χ2v) is 11.9. The largest absolute Gasteiger partial charge is 0.481 e. The van der Waals surface area contributed by atoms with E-state index in [1.807, 2.05) is 0 Å². The molecule has 0 saturated carbocycles. The van der Waals surface area contributed by atoms with Gasteiger partial charge in [-0.1, -0.05) is 0 Å². The van der Waals surface area contributed by atoms with Crippen LogP contribution >= 0.6 is 31.3 Å².